The van der Waals surface area contributed by atoms with Gasteiger partial charge in [0.25, 0.3) is 5.91 Å². The molecule has 6 heteroatoms. The van der Waals surface area contributed by atoms with Gasteiger partial charge in [0, 0.05) is 17.8 Å². The zero-order valence-corrected chi connectivity index (χ0v) is 16.6. The van der Waals surface area contributed by atoms with Gasteiger partial charge in [-0.2, -0.15) is 0 Å². The number of nitrogens with one attached hydrogen (secondary N) is 2. The molecule has 0 fully saturated rings. The molecule has 0 saturated carbocycles. The normalized spacial score (nSPS) is 11.2. The number of rotatable bonds is 6. The van der Waals surface area contributed by atoms with E-state index in [1.165, 1.54) is 12.1 Å². The molecule has 0 bridgehead atoms. The lowest BCUT2D eigenvalue weighted by Gasteiger charge is -2.10. The van der Waals surface area contributed by atoms with Gasteiger partial charge in [-0.15, -0.1) is 0 Å². The molecule has 0 atom stereocenters. The molecule has 5 nitrogen and oxygen atoms in total. The molecule has 0 heterocycles. The van der Waals surface area contributed by atoms with Crippen molar-refractivity contribution in [1.82, 2.24) is 4.72 Å². The minimum Gasteiger partial charge on any atom is -0.322 e. The first-order valence-corrected chi connectivity index (χ1v) is 10.4. The quantitative estimate of drug-likeness (QED) is 0.663. The van der Waals surface area contributed by atoms with Gasteiger partial charge in [0.2, 0.25) is 10.0 Å². The van der Waals surface area contributed by atoms with Crippen LogP contribution >= 0.6 is 0 Å². The Bertz CT molecular complexity index is 1090. The second-order valence-electron chi connectivity index (χ2n) is 6.60. The van der Waals surface area contributed by atoms with E-state index in [0.717, 1.165) is 16.7 Å². The van der Waals surface area contributed by atoms with Crippen LogP contribution in [0.15, 0.2) is 77.7 Å². The maximum Gasteiger partial charge on any atom is 0.255 e. The molecule has 0 aliphatic rings. The maximum atomic E-state index is 12.6. The van der Waals surface area contributed by atoms with Gasteiger partial charge in [-0.3, -0.25) is 4.79 Å². The Balaban J connectivity index is 1.75. The number of carbonyl (C=O) groups excluding carboxylic acids is 1. The van der Waals surface area contributed by atoms with Crippen LogP contribution in [0.5, 0.6) is 0 Å². The Hall–Kier alpha value is -2.96. The fraction of sp³-hybridized carbons (Fsp3) is 0.136. The van der Waals surface area contributed by atoms with E-state index in [2.05, 4.69) is 10.0 Å². The predicted octanol–water partition coefficient (Wildman–Crippen LogP) is 4.03. The Labute approximate surface area is 165 Å². The fourth-order valence-corrected chi connectivity index (χ4v) is 3.76. The Morgan fingerprint density at radius 1 is 0.893 bits per heavy atom. The van der Waals surface area contributed by atoms with Gasteiger partial charge < -0.3 is 5.32 Å². The van der Waals surface area contributed by atoms with Crippen molar-refractivity contribution in [2.24, 2.45) is 0 Å². The van der Waals surface area contributed by atoms with Gasteiger partial charge in [0.05, 0.1) is 4.90 Å². The van der Waals surface area contributed by atoms with Gasteiger partial charge in [0.15, 0.2) is 0 Å². The summed E-state index contributed by atoms with van der Waals surface area (Å²) in [5.41, 5.74) is 3.93. The molecule has 1 amide bonds. The average molecular weight is 394 g/mol. The van der Waals surface area contributed by atoms with Crippen molar-refractivity contribution in [3.63, 3.8) is 0 Å². The molecule has 144 valence electrons. The molecule has 0 aliphatic heterocycles. The molecule has 3 rings (SSSR count). The van der Waals surface area contributed by atoms with Crippen LogP contribution < -0.4 is 10.0 Å². The third-order valence-electron chi connectivity index (χ3n) is 4.43. The van der Waals surface area contributed by atoms with E-state index in [1.807, 2.05) is 50.2 Å². The summed E-state index contributed by atoms with van der Waals surface area (Å²) in [4.78, 5) is 12.5. The van der Waals surface area contributed by atoms with Crippen LogP contribution in [-0.4, -0.2) is 14.3 Å². The standard InChI is InChI=1S/C22H22N2O3S/c1-16-10-12-20(13-11-16)24-22(25)18-8-5-9-21(14-18)28(26,27)23-15-19-7-4-3-6-17(19)2/h3-14,23H,15H2,1-2H3,(H,24,25). The summed E-state index contributed by atoms with van der Waals surface area (Å²) in [6.45, 7) is 4.08. The number of carbonyl (C=O) groups is 1. The van der Waals surface area contributed by atoms with Crippen molar-refractivity contribution in [3.8, 4) is 0 Å². The minimum absolute atomic E-state index is 0.0534. The van der Waals surface area contributed by atoms with Crippen molar-refractivity contribution in [2.75, 3.05) is 5.32 Å². The molecular formula is C22H22N2O3S. The molecule has 0 saturated heterocycles. The monoisotopic (exact) mass is 394 g/mol. The summed E-state index contributed by atoms with van der Waals surface area (Å²) >= 11 is 0. The summed E-state index contributed by atoms with van der Waals surface area (Å²) in [5, 5.41) is 2.78. The van der Waals surface area contributed by atoms with Crippen LogP contribution in [0.2, 0.25) is 0 Å². The van der Waals surface area contributed by atoms with E-state index in [9.17, 15) is 13.2 Å². The maximum absolute atomic E-state index is 12.6. The smallest absolute Gasteiger partial charge is 0.255 e. The van der Waals surface area contributed by atoms with Crippen molar-refractivity contribution in [1.29, 1.82) is 0 Å². The van der Waals surface area contributed by atoms with Gasteiger partial charge >= 0.3 is 0 Å². The fourth-order valence-electron chi connectivity index (χ4n) is 2.71. The van der Waals surface area contributed by atoms with Crippen molar-refractivity contribution in [3.05, 3.63) is 95.1 Å². The second-order valence-corrected chi connectivity index (χ2v) is 8.37. The molecule has 0 spiro atoms. The van der Waals surface area contributed by atoms with E-state index >= 15 is 0 Å². The molecule has 0 unspecified atom stereocenters. The highest BCUT2D eigenvalue weighted by Crippen LogP contribution is 2.16. The summed E-state index contributed by atoms with van der Waals surface area (Å²) < 4.78 is 27.9. The lowest BCUT2D eigenvalue weighted by atomic mass is 10.1. The van der Waals surface area contributed by atoms with Gasteiger partial charge in [-0.25, -0.2) is 13.1 Å². The number of aryl methyl sites for hydroxylation is 2. The van der Waals surface area contributed by atoms with Gasteiger partial charge in [-0.05, 0) is 55.3 Å². The third-order valence-corrected chi connectivity index (χ3v) is 5.83. The molecule has 28 heavy (non-hydrogen) atoms. The number of sulfonamides is 1. The first kappa shape index (κ1) is 19.8. The zero-order chi connectivity index (χ0) is 20.1. The van der Waals surface area contributed by atoms with E-state index in [-0.39, 0.29) is 22.9 Å². The van der Waals surface area contributed by atoms with Crippen molar-refractivity contribution >= 4 is 21.6 Å². The first-order valence-electron chi connectivity index (χ1n) is 8.87. The summed E-state index contributed by atoms with van der Waals surface area (Å²) in [7, 11) is -3.74. The van der Waals surface area contributed by atoms with Gasteiger partial charge in [0.1, 0.15) is 0 Å². The van der Waals surface area contributed by atoms with Crippen LogP contribution in [-0.2, 0) is 16.6 Å². The van der Waals surface area contributed by atoms with Crippen LogP contribution in [0.1, 0.15) is 27.0 Å². The van der Waals surface area contributed by atoms with Crippen LogP contribution in [0.25, 0.3) is 0 Å². The first-order chi connectivity index (χ1) is 13.3. The van der Waals surface area contributed by atoms with Crippen LogP contribution in [0, 0.1) is 13.8 Å². The van der Waals surface area contributed by atoms with Crippen molar-refractivity contribution in [2.45, 2.75) is 25.3 Å². The summed E-state index contributed by atoms with van der Waals surface area (Å²) in [6, 6.07) is 21.0. The van der Waals surface area contributed by atoms with E-state index in [0.29, 0.717) is 5.69 Å². The number of anilines is 1. The molecular weight excluding hydrogens is 372 g/mol. The highest BCUT2D eigenvalue weighted by molar-refractivity contribution is 7.89. The number of hydrogen-bond donors (Lipinski definition) is 2. The Morgan fingerprint density at radius 3 is 2.32 bits per heavy atom. The highest BCUT2D eigenvalue weighted by Gasteiger charge is 2.16. The molecule has 0 radical (unpaired) electrons. The minimum atomic E-state index is -3.74. The topological polar surface area (TPSA) is 75.3 Å². The largest absolute Gasteiger partial charge is 0.322 e. The lowest BCUT2D eigenvalue weighted by molar-refractivity contribution is 0.102. The molecule has 0 aliphatic carbocycles. The van der Waals surface area contributed by atoms with E-state index in [4.69, 9.17) is 0 Å². The number of benzene rings is 3. The Kier molecular flexibility index (Phi) is 5.92. The highest BCUT2D eigenvalue weighted by atomic mass is 32.2. The zero-order valence-electron chi connectivity index (χ0n) is 15.8. The summed E-state index contributed by atoms with van der Waals surface area (Å²) in [5.74, 6) is -0.361. The average Bonchev–Trinajstić information content (AvgIpc) is 2.69. The molecule has 0 aromatic heterocycles. The second kappa shape index (κ2) is 8.37. The van der Waals surface area contributed by atoms with Gasteiger partial charge in [-0.1, -0.05) is 48.0 Å². The third kappa shape index (κ3) is 4.85. The Morgan fingerprint density at radius 2 is 1.61 bits per heavy atom. The molecule has 3 aromatic rings. The summed E-state index contributed by atoms with van der Waals surface area (Å²) in [6.07, 6.45) is 0. The van der Waals surface area contributed by atoms with Crippen LogP contribution in [0.4, 0.5) is 5.69 Å². The number of hydrogen-bond acceptors (Lipinski definition) is 3. The van der Waals surface area contributed by atoms with Crippen molar-refractivity contribution < 1.29 is 13.2 Å². The predicted molar refractivity (Wildman–Crippen MR) is 111 cm³/mol. The lowest BCUT2D eigenvalue weighted by Crippen LogP contribution is -2.24. The van der Waals surface area contributed by atoms with E-state index in [1.54, 1.807) is 24.3 Å². The molecule has 3 aromatic carbocycles. The number of amides is 1. The molecule has 2 N–H and O–H groups in total. The van der Waals surface area contributed by atoms with Crippen LogP contribution in [0.3, 0.4) is 0 Å². The SMILES string of the molecule is Cc1ccc(NC(=O)c2cccc(S(=O)(=O)NCc3ccccc3C)c2)cc1. The van der Waals surface area contributed by atoms with E-state index < -0.39 is 10.0 Å².